The fourth-order valence-electron chi connectivity index (χ4n) is 3.57. The van der Waals surface area contributed by atoms with Crippen LogP contribution in [0.4, 0.5) is 0 Å². The molecule has 0 unspecified atom stereocenters. The number of aryl methyl sites for hydroxylation is 1. The number of benzene rings is 1. The average molecular weight is 403 g/mol. The molecule has 0 radical (unpaired) electrons. The summed E-state index contributed by atoms with van der Waals surface area (Å²) in [6.07, 6.45) is 2.09. The van der Waals surface area contributed by atoms with Crippen molar-refractivity contribution in [2.24, 2.45) is 5.92 Å². The Hall–Kier alpha value is -2.41. The van der Waals surface area contributed by atoms with E-state index in [2.05, 4.69) is 24.3 Å². The Balaban J connectivity index is 1.46. The normalized spacial score (nSPS) is 16.0. The summed E-state index contributed by atoms with van der Waals surface area (Å²) < 4.78 is 6.65. The van der Waals surface area contributed by atoms with Crippen molar-refractivity contribution in [2.75, 3.05) is 13.1 Å². The Morgan fingerprint density at radius 1 is 1.21 bits per heavy atom. The summed E-state index contributed by atoms with van der Waals surface area (Å²) in [6.45, 7) is 4.56. The predicted molar refractivity (Wildman–Crippen MR) is 108 cm³/mol. The minimum absolute atomic E-state index is 0.162. The van der Waals surface area contributed by atoms with Crippen molar-refractivity contribution in [3.05, 3.63) is 56.6 Å². The largest absolute Gasteiger partial charge is 0.451 e. The number of ether oxygens (including phenoxy) is 1. The van der Waals surface area contributed by atoms with Gasteiger partial charge in [0.15, 0.2) is 6.10 Å². The number of likely N-dealkylation sites (tertiary alicyclic amines) is 1. The van der Waals surface area contributed by atoms with Crippen LogP contribution in [-0.4, -0.2) is 40.5 Å². The molecule has 6 nitrogen and oxygen atoms in total. The molecule has 1 aromatic heterocycles. The summed E-state index contributed by atoms with van der Waals surface area (Å²) in [6, 6.07) is 10.4. The molecule has 2 aromatic rings. The molecule has 150 valence electrons. The van der Waals surface area contributed by atoms with Crippen LogP contribution >= 0.6 is 11.3 Å². The van der Waals surface area contributed by atoms with Crippen molar-refractivity contribution in [1.82, 2.24) is 9.47 Å². The Bertz CT molecular complexity index is 866. The summed E-state index contributed by atoms with van der Waals surface area (Å²) in [7, 11) is 0. The van der Waals surface area contributed by atoms with Crippen molar-refractivity contribution >= 4 is 23.2 Å². The van der Waals surface area contributed by atoms with E-state index in [4.69, 9.17) is 4.74 Å². The number of amides is 1. The van der Waals surface area contributed by atoms with E-state index in [0.717, 1.165) is 30.6 Å². The van der Waals surface area contributed by atoms with Crippen LogP contribution in [0.5, 0.6) is 0 Å². The van der Waals surface area contributed by atoms with Crippen LogP contribution in [0.1, 0.15) is 31.0 Å². The first-order chi connectivity index (χ1) is 13.4. The highest BCUT2D eigenvalue weighted by molar-refractivity contribution is 7.07. The van der Waals surface area contributed by atoms with Gasteiger partial charge in [-0.3, -0.25) is 19.0 Å². The van der Waals surface area contributed by atoms with Crippen molar-refractivity contribution in [3.63, 3.8) is 0 Å². The van der Waals surface area contributed by atoms with Gasteiger partial charge in [0.1, 0.15) is 6.54 Å². The first-order valence-electron chi connectivity index (χ1n) is 9.61. The lowest BCUT2D eigenvalue weighted by molar-refractivity contribution is -0.160. The van der Waals surface area contributed by atoms with E-state index >= 15 is 0 Å². The lowest BCUT2D eigenvalue weighted by Gasteiger charge is -2.33. The second-order valence-electron chi connectivity index (χ2n) is 7.32. The summed E-state index contributed by atoms with van der Waals surface area (Å²) >= 11 is 1.05. The highest BCUT2D eigenvalue weighted by Crippen LogP contribution is 2.22. The topological polar surface area (TPSA) is 68.6 Å². The van der Waals surface area contributed by atoms with E-state index in [9.17, 15) is 14.4 Å². The van der Waals surface area contributed by atoms with Crippen LogP contribution in [0.15, 0.2) is 40.5 Å². The third kappa shape index (κ3) is 5.10. The van der Waals surface area contributed by atoms with Crippen molar-refractivity contribution < 1.29 is 14.3 Å². The van der Waals surface area contributed by atoms with Gasteiger partial charge < -0.3 is 9.64 Å². The molecule has 0 saturated carbocycles. The monoisotopic (exact) mass is 402 g/mol. The van der Waals surface area contributed by atoms with Gasteiger partial charge in [0.2, 0.25) is 0 Å². The molecule has 1 aliphatic rings. The van der Waals surface area contributed by atoms with Crippen LogP contribution in [0.3, 0.4) is 0 Å². The molecular weight excluding hydrogens is 376 g/mol. The molecule has 1 atom stereocenters. The number of aromatic nitrogens is 1. The number of carbonyl (C=O) groups is 2. The number of nitrogens with zero attached hydrogens (tertiary/aromatic N) is 2. The van der Waals surface area contributed by atoms with Gasteiger partial charge >= 0.3 is 10.8 Å². The number of thiazole rings is 1. The smallest absolute Gasteiger partial charge is 0.326 e. The van der Waals surface area contributed by atoms with Crippen LogP contribution in [-0.2, 0) is 27.3 Å². The first-order valence-corrected chi connectivity index (χ1v) is 10.5. The average Bonchev–Trinajstić information content (AvgIpc) is 3.00. The van der Waals surface area contributed by atoms with Crippen LogP contribution in [0.2, 0.25) is 0 Å². The lowest BCUT2D eigenvalue weighted by Crippen LogP contribution is -2.44. The number of hydrogen-bond donors (Lipinski definition) is 0. The molecule has 1 amide bonds. The van der Waals surface area contributed by atoms with E-state index in [-0.39, 0.29) is 17.3 Å². The highest BCUT2D eigenvalue weighted by Gasteiger charge is 2.28. The van der Waals surface area contributed by atoms with Gasteiger partial charge in [0, 0.05) is 24.2 Å². The van der Waals surface area contributed by atoms with Gasteiger partial charge in [-0.2, -0.15) is 0 Å². The van der Waals surface area contributed by atoms with E-state index < -0.39 is 12.1 Å². The summed E-state index contributed by atoms with van der Waals surface area (Å²) in [4.78, 5) is 38.0. The van der Waals surface area contributed by atoms with Gasteiger partial charge in [-0.1, -0.05) is 41.7 Å². The molecule has 3 rings (SSSR count). The van der Waals surface area contributed by atoms with Gasteiger partial charge in [-0.05, 0) is 44.6 Å². The number of carbonyl (C=O) groups excluding carboxylic acids is 2. The minimum Gasteiger partial charge on any atom is -0.451 e. The maximum absolute atomic E-state index is 12.6. The van der Waals surface area contributed by atoms with E-state index in [1.54, 1.807) is 24.1 Å². The van der Waals surface area contributed by atoms with Crippen molar-refractivity contribution in [3.8, 4) is 0 Å². The SMILES string of the molecule is Cc1csc(=O)n1CC(=O)O[C@@H](C)C(=O)N1CCC(Cc2ccccc2)CC1. The molecule has 1 aromatic carbocycles. The molecule has 0 aliphatic carbocycles. The van der Waals surface area contributed by atoms with Crippen molar-refractivity contribution in [1.29, 1.82) is 0 Å². The summed E-state index contributed by atoms with van der Waals surface area (Å²) in [5.74, 6) is -0.165. The molecule has 0 N–H and O–H groups in total. The molecule has 28 heavy (non-hydrogen) atoms. The molecule has 7 heteroatoms. The quantitative estimate of drug-likeness (QED) is 0.697. The summed E-state index contributed by atoms with van der Waals surface area (Å²) in [5.41, 5.74) is 2.04. The van der Waals surface area contributed by atoms with Crippen molar-refractivity contribution in [2.45, 2.75) is 45.8 Å². The Labute approximate surface area is 168 Å². The fraction of sp³-hybridized carbons (Fsp3) is 0.476. The Morgan fingerprint density at radius 3 is 2.50 bits per heavy atom. The Morgan fingerprint density at radius 2 is 1.89 bits per heavy atom. The van der Waals surface area contributed by atoms with Crippen LogP contribution in [0.25, 0.3) is 0 Å². The zero-order valence-electron chi connectivity index (χ0n) is 16.3. The number of esters is 1. The number of piperidine rings is 1. The van der Waals surface area contributed by atoms with Gasteiger partial charge in [-0.15, -0.1) is 0 Å². The number of hydrogen-bond acceptors (Lipinski definition) is 5. The second kappa shape index (κ2) is 9.19. The maximum Gasteiger partial charge on any atom is 0.326 e. The molecule has 0 spiro atoms. The van der Waals surface area contributed by atoms with Gasteiger partial charge in [0.25, 0.3) is 5.91 Å². The molecular formula is C21H26N2O4S. The van der Waals surface area contributed by atoms with Crippen LogP contribution in [0, 0.1) is 12.8 Å². The third-order valence-corrected chi connectivity index (χ3v) is 6.09. The molecule has 0 bridgehead atoms. The first kappa shape index (κ1) is 20.3. The van der Waals surface area contributed by atoms with Crippen LogP contribution < -0.4 is 4.87 Å². The number of rotatable bonds is 6. The third-order valence-electron chi connectivity index (χ3n) is 5.21. The molecule has 1 aliphatic heterocycles. The standard InChI is InChI=1S/C21H26N2O4S/c1-15-14-28-21(26)23(15)13-19(24)27-16(2)20(25)22-10-8-18(9-11-22)12-17-6-4-3-5-7-17/h3-7,14,16,18H,8-13H2,1-2H3/t16-/m0/s1. The maximum atomic E-state index is 12.6. The highest BCUT2D eigenvalue weighted by atomic mass is 32.1. The molecule has 1 saturated heterocycles. The van der Waals surface area contributed by atoms with E-state index in [0.29, 0.717) is 24.7 Å². The minimum atomic E-state index is -0.840. The molecule has 1 fully saturated rings. The van der Waals surface area contributed by atoms with E-state index in [1.807, 2.05) is 6.07 Å². The van der Waals surface area contributed by atoms with Gasteiger partial charge in [-0.25, -0.2) is 0 Å². The second-order valence-corrected chi connectivity index (χ2v) is 8.14. The predicted octanol–water partition coefficient (Wildman–Crippen LogP) is 2.63. The zero-order valence-corrected chi connectivity index (χ0v) is 17.1. The van der Waals surface area contributed by atoms with Gasteiger partial charge in [0.05, 0.1) is 0 Å². The molecule has 2 heterocycles. The zero-order chi connectivity index (χ0) is 20.1. The van der Waals surface area contributed by atoms with E-state index in [1.165, 1.54) is 10.1 Å². The summed E-state index contributed by atoms with van der Waals surface area (Å²) in [5, 5.41) is 1.70. The fourth-order valence-corrected chi connectivity index (χ4v) is 4.31. The lowest BCUT2D eigenvalue weighted by atomic mass is 9.90. The Kier molecular flexibility index (Phi) is 6.67.